The second-order valence-corrected chi connectivity index (χ2v) is 15.3. The lowest BCUT2D eigenvalue weighted by Crippen LogP contribution is -2.54. The van der Waals surface area contributed by atoms with Crippen LogP contribution in [0, 0.1) is 30.9 Å². The van der Waals surface area contributed by atoms with Crippen molar-refractivity contribution in [2.45, 2.75) is 69.2 Å². The minimum Gasteiger partial charge on any atom is -0.508 e. The summed E-state index contributed by atoms with van der Waals surface area (Å²) in [5, 5.41) is 12.7. The summed E-state index contributed by atoms with van der Waals surface area (Å²) >= 11 is 0. The van der Waals surface area contributed by atoms with Crippen molar-refractivity contribution in [1.82, 2.24) is 19.8 Å². The van der Waals surface area contributed by atoms with Gasteiger partial charge in [0.05, 0.1) is 22.1 Å². The van der Waals surface area contributed by atoms with Gasteiger partial charge in [-0.3, -0.25) is 9.80 Å². The van der Waals surface area contributed by atoms with Gasteiger partial charge in [-0.2, -0.15) is 9.97 Å². The number of rotatable bonds is 9. The Hall–Kier alpha value is -4.57. The summed E-state index contributed by atoms with van der Waals surface area (Å²) < 4.78 is 65.7. The highest BCUT2D eigenvalue weighted by Gasteiger charge is 2.50. The highest BCUT2D eigenvalue weighted by Crippen LogP contribution is 2.48. The quantitative estimate of drug-likeness (QED) is 0.126. The molecule has 0 radical (unpaired) electrons. The topological polar surface area (TPSA) is 87.3 Å². The van der Waals surface area contributed by atoms with Crippen LogP contribution in [0.25, 0.3) is 43.8 Å². The predicted molar refractivity (Wildman–Crippen MR) is 197 cm³/mol. The first-order valence-electron chi connectivity index (χ1n) is 18.5. The fourth-order valence-corrected chi connectivity index (χ4v) is 9.79. The van der Waals surface area contributed by atoms with E-state index in [2.05, 4.69) is 20.6 Å². The molecule has 53 heavy (non-hydrogen) atoms. The molecule has 3 aromatic carbocycles. The zero-order valence-corrected chi connectivity index (χ0v) is 29.9. The fourth-order valence-electron chi connectivity index (χ4n) is 9.79. The summed E-state index contributed by atoms with van der Waals surface area (Å²) in [5.74, 6) is 2.02. The molecule has 12 heteroatoms. The molecular formula is C41H42F3N5O4. The van der Waals surface area contributed by atoms with Gasteiger partial charge in [0.2, 0.25) is 0 Å². The Bertz CT molecular complexity index is 2290. The molecule has 0 saturated carbocycles. The monoisotopic (exact) mass is 725 g/mol. The van der Waals surface area contributed by atoms with E-state index in [1.54, 1.807) is 14.0 Å². The number of anilines is 1. The number of phenols is 1. The van der Waals surface area contributed by atoms with E-state index in [1.807, 2.05) is 6.07 Å². The van der Waals surface area contributed by atoms with Crippen molar-refractivity contribution in [3.05, 3.63) is 53.3 Å². The number of furan rings is 1. The normalized spacial score (nSPS) is 24.5. The summed E-state index contributed by atoms with van der Waals surface area (Å²) in [4.78, 5) is 16.8. The second kappa shape index (κ2) is 13.1. The number of phenolic OH excluding ortho intramolecular Hbond substituents is 1. The van der Waals surface area contributed by atoms with Crippen LogP contribution in [0.4, 0.5) is 19.0 Å². The van der Waals surface area contributed by atoms with Crippen LogP contribution in [0.1, 0.15) is 49.8 Å². The Labute approximate surface area is 305 Å². The minimum absolute atomic E-state index is 0.00163. The van der Waals surface area contributed by atoms with Crippen molar-refractivity contribution in [3.8, 4) is 35.2 Å². The standard InChI is InChI=1S/C41H42F3N5O4/c1-4-29-32(43)10-7-24-16-28(50)17-30(33(24)29)34-36(44)37-35(31-15-23(2)53-38(31)34)39(49-26-8-9-27(49)21-47(20-26)12-6-14-51-3)46-40(45-37)52-22-41-11-5-13-48(41)19-25(42)18-41/h1,7,10,15-17,25-27,50H,5-6,8-9,11-14,18-22H2,2-3H3/t25-,26-,27+,41+/m1/s1. The maximum Gasteiger partial charge on any atom is 0.319 e. The van der Waals surface area contributed by atoms with E-state index >= 15 is 8.78 Å². The van der Waals surface area contributed by atoms with Crippen LogP contribution in [-0.2, 0) is 4.74 Å². The molecule has 0 aliphatic carbocycles. The number of methoxy groups -OCH3 is 1. The zero-order chi connectivity index (χ0) is 36.6. The first-order valence-corrected chi connectivity index (χ1v) is 18.5. The van der Waals surface area contributed by atoms with Crippen molar-refractivity contribution in [3.63, 3.8) is 0 Å². The van der Waals surface area contributed by atoms with Gasteiger partial charge in [-0.25, -0.2) is 13.2 Å². The molecule has 9 nitrogen and oxygen atoms in total. The molecule has 276 valence electrons. The molecule has 0 unspecified atom stereocenters. The Morgan fingerprint density at radius 2 is 1.91 bits per heavy atom. The maximum absolute atomic E-state index is 17.7. The number of terminal acetylenes is 1. The average Bonchev–Trinajstić information content (AvgIpc) is 3.86. The molecule has 4 atom stereocenters. The zero-order valence-electron chi connectivity index (χ0n) is 29.9. The van der Waals surface area contributed by atoms with Gasteiger partial charge in [0.1, 0.15) is 47.0 Å². The number of piperazine rings is 1. The van der Waals surface area contributed by atoms with Crippen molar-refractivity contribution < 1.29 is 32.2 Å². The van der Waals surface area contributed by atoms with Crippen LogP contribution in [-0.4, -0.2) is 102 Å². The van der Waals surface area contributed by atoms with E-state index in [9.17, 15) is 9.50 Å². The van der Waals surface area contributed by atoms with Gasteiger partial charge in [-0.05, 0) is 75.2 Å². The number of aryl methyl sites for hydroxylation is 1. The molecule has 6 heterocycles. The number of alkyl halides is 1. The third-order valence-electron chi connectivity index (χ3n) is 12.0. The van der Waals surface area contributed by atoms with Crippen LogP contribution in [0.5, 0.6) is 11.8 Å². The van der Waals surface area contributed by atoms with Crippen molar-refractivity contribution in [2.75, 3.05) is 57.9 Å². The largest absolute Gasteiger partial charge is 0.508 e. The second-order valence-electron chi connectivity index (χ2n) is 15.3. The summed E-state index contributed by atoms with van der Waals surface area (Å²) in [7, 11) is 1.71. The van der Waals surface area contributed by atoms with Crippen LogP contribution in [0.3, 0.4) is 0 Å². The van der Waals surface area contributed by atoms with E-state index < -0.39 is 23.3 Å². The Morgan fingerprint density at radius 3 is 2.68 bits per heavy atom. The van der Waals surface area contributed by atoms with Gasteiger partial charge < -0.3 is 23.9 Å². The number of aromatic hydroxyl groups is 1. The molecular weight excluding hydrogens is 683 g/mol. The van der Waals surface area contributed by atoms with Crippen LogP contribution in [0.15, 0.2) is 34.7 Å². The smallest absolute Gasteiger partial charge is 0.319 e. The number of fused-ring (bicyclic) bond motifs is 7. The average molecular weight is 726 g/mol. The number of hydrogen-bond donors (Lipinski definition) is 1. The molecule has 4 aliphatic rings. The van der Waals surface area contributed by atoms with E-state index in [1.165, 1.54) is 24.3 Å². The molecule has 4 fully saturated rings. The number of nitrogens with zero attached hydrogens (tertiary/aromatic N) is 5. The maximum atomic E-state index is 17.7. The number of hydrogen-bond acceptors (Lipinski definition) is 9. The van der Waals surface area contributed by atoms with Crippen LogP contribution in [0.2, 0.25) is 0 Å². The third-order valence-corrected chi connectivity index (χ3v) is 12.0. The third kappa shape index (κ3) is 5.58. The lowest BCUT2D eigenvalue weighted by Gasteiger charge is -2.42. The molecule has 4 aliphatic heterocycles. The van der Waals surface area contributed by atoms with Gasteiger partial charge in [-0.15, -0.1) is 6.42 Å². The summed E-state index contributed by atoms with van der Waals surface area (Å²) in [6.45, 7) is 6.40. The number of ether oxygens (including phenoxy) is 2. The first-order chi connectivity index (χ1) is 25.7. The Balaban J connectivity index is 1.26. The van der Waals surface area contributed by atoms with E-state index in [0.717, 1.165) is 58.3 Å². The minimum atomic E-state index is -0.935. The highest BCUT2D eigenvalue weighted by atomic mass is 19.1. The van der Waals surface area contributed by atoms with Crippen molar-refractivity contribution in [2.24, 2.45) is 0 Å². The molecule has 4 saturated heterocycles. The highest BCUT2D eigenvalue weighted by molar-refractivity contribution is 6.18. The first kappa shape index (κ1) is 34.2. The SMILES string of the molecule is C#Cc1c(F)ccc2cc(O)cc(-c3c(F)c4nc(OC[C@@]56CCCN5C[C@H](F)C6)nc(N5[C@@H]6CC[C@H]5CN(CCCOC)C6)c4c4cc(C)oc34)c12. The molecule has 5 aromatic rings. The molecule has 0 amide bonds. The Morgan fingerprint density at radius 1 is 1.09 bits per heavy atom. The van der Waals surface area contributed by atoms with E-state index in [-0.39, 0.29) is 63.6 Å². The van der Waals surface area contributed by atoms with Crippen molar-refractivity contribution >= 4 is 38.5 Å². The predicted octanol–water partition coefficient (Wildman–Crippen LogP) is 7.11. The molecule has 2 bridgehead atoms. The summed E-state index contributed by atoms with van der Waals surface area (Å²) in [6.07, 6.45) is 9.85. The van der Waals surface area contributed by atoms with Gasteiger partial charge >= 0.3 is 6.01 Å². The van der Waals surface area contributed by atoms with Gasteiger partial charge in [0.15, 0.2) is 5.82 Å². The molecule has 1 N–H and O–H groups in total. The molecule has 9 rings (SSSR count). The van der Waals surface area contributed by atoms with E-state index in [4.69, 9.17) is 30.3 Å². The number of halogens is 3. The lowest BCUT2D eigenvalue weighted by molar-refractivity contribution is 0.107. The van der Waals surface area contributed by atoms with Gasteiger partial charge in [-0.1, -0.05) is 12.0 Å². The molecule has 0 spiro atoms. The van der Waals surface area contributed by atoms with E-state index in [0.29, 0.717) is 47.3 Å². The number of benzene rings is 3. The number of aromatic nitrogens is 2. The number of likely N-dealkylation sites (tertiary alicyclic amines) is 1. The van der Waals surface area contributed by atoms with Crippen LogP contribution >= 0.6 is 0 Å². The van der Waals surface area contributed by atoms with Crippen LogP contribution < -0.4 is 9.64 Å². The van der Waals surface area contributed by atoms with Crippen molar-refractivity contribution in [1.29, 1.82) is 0 Å². The Kier molecular flexibility index (Phi) is 8.44. The molecule has 2 aromatic heterocycles. The fraction of sp³-hybridized carbons (Fsp3) is 0.463. The summed E-state index contributed by atoms with van der Waals surface area (Å²) in [6, 6.07) is 7.69. The van der Waals surface area contributed by atoms with Gasteiger partial charge in [0.25, 0.3) is 0 Å². The lowest BCUT2D eigenvalue weighted by atomic mass is 9.91. The van der Waals surface area contributed by atoms with Gasteiger partial charge in [0, 0.05) is 74.7 Å². The summed E-state index contributed by atoms with van der Waals surface area (Å²) in [5.41, 5.74) is -0.0993.